The highest BCUT2D eigenvalue weighted by atomic mass is 19.1. The van der Waals surface area contributed by atoms with Crippen molar-refractivity contribution in [2.75, 3.05) is 23.5 Å². The number of anilines is 2. The number of nitrogens with zero attached hydrogens (tertiary/aromatic N) is 4. The number of ether oxygens (including phenoxy) is 2. The molecule has 0 spiro atoms. The molecule has 1 amide bonds. The van der Waals surface area contributed by atoms with E-state index in [-0.39, 0.29) is 18.3 Å². The highest BCUT2D eigenvalue weighted by Gasteiger charge is 2.36. The van der Waals surface area contributed by atoms with Crippen LogP contribution in [0.5, 0.6) is 5.75 Å². The zero-order valence-corrected chi connectivity index (χ0v) is 20.1. The van der Waals surface area contributed by atoms with Gasteiger partial charge in [-0.15, -0.1) is 0 Å². The van der Waals surface area contributed by atoms with Crippen LogP contribution in [-0.2, 0) is 11.3 Å². The summed E-state index contributed by atoms with van der Waals surface area (Å²) in [5.41, 5.74) is 1.75. The molecular formula is C25H29FN4O5. The van der Waals surface area contributed by atoms with E-state index in [0.29, 0.717) is 17.9 Å². The second-order valence-corrected chi connectivity index (χ2v) is 9.19. The fraction of sp³-hybridized carbons (Fsp3) is 0.360. The van der Waals surface area contributed by atoms with Gasteiger partial charge in [-0.3, -0.25) is 9.58 Å². The van der Waals surface area contributed by atoms with Crippen LogP contribution < -0.4 is 14.5 Å². The van der Waals surface area contributed by atoms with Gasteiger partial charge in [0.05, 0.1) is 29.7 Å². The molecule has 10 heteroatoms. The smallest absolute Gasteiger partial charge is 0.410 e. The number of aliphatic hydroxyl groups excluding tert-OH is 1. The molecule has 3 aromatic rings. The summed E-state index contributed by atoms with van der Waals surface area (Å²) < 4.78 is 25.6. The number of halogens is 1. The number of aromatic nitrogens is 2. The minimum atomic E-state index is -1.21. The predicted octanol–water partition coefficient (Wildman–Crippen LogP) is 3.60. The van der Waals surface area contributed by atoms with E-state index in [1.54, 1.807) is 35.7 Å². The van der Waals surface area contributed by atoms with Gasteiger partial charge in [0.1, 0.15) is 11.6 Å². The van der Waals surface area contributed by atoms with Crippen molar-refractivity contribution in [3.8, 4) is 16.9 Å². The predicted molar refractivity (Wildman–Crippen MR) is 129 cm³/mol. The lowest BCUT2D eigenvalue weighted by molar-refractivity contribution is -0.0785. The zero-order valence-electron chi connectivity index (χ0n) is 20.1. The van der Waals surface area contributed by atoms with Crippen LogP contribution in [0.1, 0.15) is 20.8 Å². The highest BCUT2D eigenvalue weighted by molar-refractivity contribution is 5.96. The van der Waals surface area contributed by atoms with Gasteiger partial charge in [-0.05, 0) is 62.7 Å². The molecule has 0 fully saturated rings. The molecule has 2 heterocycles. The molecule has 2 atom stereocenters. The number of methoxy groups -OCH3 is 1. The number of amides is 1. The Hall–Kier alpha value is -3.47. The molecule has 0 aliphatic carbocycles. The maximum absolute atomic E-state index is 13.3. The third kappa shape index (κ3) is 5.45. The molecule has 0 saturated heterocycles. The quantitative estimate of drug-likeness (QED) is 0.516. The summed E-state index contributed by atoms with van der Waals surface area (Å²) in [4.78, 5) is 16.3. The fourth-order valence-electron chi connectivity index (χ4n) is 4.10. The molecule has 2 aromatic carbocycles. The van der Waals surface area contributed by atoms with Crippen molar-refractivity contribution in [3.63, 3.8) is 0 Å². The molecule has 35 heavy (non-hydrogen) atoms. The fourth-order valence-corrected chi connectivity index (χ4v) is 4.10. The standard InChI is InChI=1S/C25H29FN4O5/c1-16-13-29(23(31)35-20-8-6-19(26)7-9-20)22-11-17(5-10-21(22)30(16)24(32)34-4)18-12-27-28(14-18)15-25(2,3)33/h5-12,14,16,24,32-33H,13,15H2,1-4H3/t16-,24?/m0/s1. The maximum atomic E-state index is 13.3. The first-order chi connectivity index (χ1) is 16.6. The normalized spacial score (nSPS) is 16.7. The van der Waals surface area contributed by atoms with Crippen LogP contribution in [0.2, 0.25) is 0 Å². The Labute approximate surface area is 202 Å². The first-order valence-electron chi connectivity index (χ1n) is 11.2. The van der Waals surface area contributed by atoms with Crippen molar-refractivity contribution < 1.29 is 28.9 Å². The molecule has 1 aromatic heterocycles. The lowest BCUT2D eigenvalue weighted by Gasteiger charge is -2.43. The first-order valence-corrected chi connectivity index (χ1v) is 11.2. The zero-order chi connectivity index (χ0) is 25.3. The van der Waals surface area contributed by atoms with Crippen molar-refractivity contribution in [1.82, 2.24) is 9.78 Å². The Balaban J connectivity index is 1.71. The number of benzene rings is 2. The molecule has 2 N–H and O–H groups in total. The van der Waals surface area contributed by atoms with Gasteiger partial charge < -0.3 is 24.6 Å². The van der Waals surface area contributed by atoms with Crippen molar-refractivity contribution in [1.29, 1.82) is 0 Å². The maximum Gasteiger partial charge on any atom is 0.419 e. The van der Waals surface area contributed by atoms with E-state index in [2.05, 4.69) is 5.10 Å². The van der Waals surface area contributed by atoms with Crippen molar-refractivity contribution >= 4 is 17.5 Å². The number of fused-ring (bicyclic) bond motifs is 1. The van der Waals surface area contributed by atoms with Crippen molar-refractivity contribution in [3.05, 3.63) is 60.7 Å². The number of carbonyl (C=O) groups is 1. The van der Waals surface area contributed by atoms with Crippen LogP contribution in [0.3, 0.4) is 0 Å². The molecule has 186 valence electrons. The third-order valence-electron chi connectivity index (χ3n) is 5.67. The molecule has 0 saturated carbocycles. The highest BCUT2D eigenvalue weighted by Crippen LogP contribution is 2.40. The van der Waals surface area contributed by atoms with E-state index in [9.17, 15) is 19.4 Å². The number of carbonyl (C=O) groups excluding carboxylic acids is 1. The van der Waals surface area contributed by atoms with Gasteiger partial charge in [0.2, 0.25) is 6.41 Å². The third-order valence-corrected chi connectivity index (χ3v) is 5.67. The molecule has 1 aliphatic heterocycles. The topological polar surface area (TPSA) is 100 Å². The minimum Gasteiger partial charge on any atom is -0.410 e. The largest absolute Gasteiger partial charge is 0.419 e. The number of hydrogen-bond donors (Lipinski definition) is 2. The van der Waals surface area contributed by atoms with E-state index in [1.807, 2.05) is 25.3 Å². The Bertz CT molecular complexity index is 1190. The molecule has 1 aliphatic rings. The van der Waals surface area contributed by atoms with Gasteiger partial charge in [0.15, 0.2) is 0 Å². The molecule has 9 nitrogen and oxygen atoms in total. The van der Waals surface area contributed by atoms with Crippen LogP contribution in [0.25, 0.3) is 11.1 Å². The minimum absolute atomic E-state index is 0.217. The molecule has 4 rings (SSSR count). The van der Waals surface area contributed by atoms with Gasteiger partial charge in [0, 0.05) is 31.5 Å². The van der Waals surface area contributed by atoms with Crippen LogP contribution in [-0.4, -0.2) is 57.8 Å². The van der Waals surface area contributed by atoms with E-state index >= 15 is 0 Å². The Morgan fingerprint density at radius 3 is 2.57 bits per heavy atom. The van der Waals surface area contributed by atoms with E-state index in [4.69, 9.17) is 9.47 Å². The summed E-state index contributed by atoms with van der Waals surface area (Å²) in [5, 5.41) is 24.9. The molecule has 0 bridgehead atoms. The number of hydrogen-bond acceptors (Lipinski definition) is 7. The summed E-state index contributed by atoms with van der Waals surface area (Å²) in [6, 6.07) is 10.4. The summed E-state index contributed by atoms with van der Waals surface area (Å²) in [5.74, 6) is -0.213. The van der Waals surface area contributed by atoms with Gasteiger partial charge in [0.25, 0.3) is 0 Å². The van der Waals surface area contributed by atoms with Crippen LogP contribution in [0.4, 0.5) is 20.6 Å². The van der Waals surface area contributed by atoms with E-state index in [0.717, 1.165) is 11.1 Å². The molecule has 0 radical (unpaired) electrons. The second kappa shape index (κ2) is 9.65. The molecule has 1 unspecified atom stereocenters. The van der Waals surface area contributed by atoms with Gasteiger partial charge in [-0.25, -0.2) is 9.18 Å². The van der Waals surface area contributed by atoms with Gasteiger partial charge in [-0.1, -0.05) is 6.07 Å². The van der Waals surface area contributed by atoms with E-state index in [1.165, 1.54) is 36.3 Å². The van der Waals surface area contributed by atoms with Gasteiger partial charge in [-0.2, -0.15) is 5.10 Å². The van der Waals surface area contributed by atoms with Crippen molar-refractivity contribution in [2.45, 2.75) is 45.4 Å². The second-order valence-electron chi connectivity index (χ2n) is 9.19. The Morgan fingerprint density at radius 1 is 1.20 bits per heavy atom. The SMILES string of the molecule is COC(O)N1c2ccc(-c3cnn(CC(C)(C)O)c3)cc2N(C(=O)Oc2ccc(F)cc2)C[C@@H]1C. The van der Waals surface area contributed by atoms with Crippen LogP contribution in [0.15, 0.2) is 54.9 Å². The average molecular weight is 485 g/mol. The monoisotopic (exact) mass is 484 g/mol. The first kappa shape index (κ1) is 24.6. The average Bonchev–Trinajstić information content (AvgIpc) is 3.26. The van der Waals surface area contributed by atoms with Crippen LogP contribution in [0, 0.1) is 5.82 Å². The Morgan fingerprint density at radius 2 is 1.91 bits per heavy atom. The lowest BCUT2D eigenvalue weighted by Crippen LogP contribution is -2.54. The summed E-state index contributed by atoms with van der Waals surface area (Å²) in [6.45, 7) is 5.80. The molecular weight excluding hydrogens is 455 g/mol. The summed E-state index contributed by atoms with van der Waals surface area (Å²) in [6.07, 6.45) is 1.65. The number of rotatable bonds is 6. The summed E-state index contributed by atoms with van der Waals surface area (Å²) in [7, 11) is 1.40. The number of aliphatic hydroxyl groups is 2. The Kier molecular flexibility index (Phi) is 6.79. The van der Waals surface area contributed by atoms with E-state index < -0.39 is 23.9 Å². The summed E-state index contributed by atoms with van der Waals surface area (Å²) >= 11 is 0. The van der Waals surface area contributed by atoms with Gasteiger partial charge >= 0.3 is 6.09 Å². The van der Waals surface area contributed by atoms with Crippen molar-refractivity contribution in [2.24, 2.45) is 0 Å². The lowest BCUT2D eigenvalue weighted by atomic mass is 10.0. The van der Waals surface area contributed by atoms with Crippen LogP contribution >= 0.6 is 0 Å².